The number of aliphatic hydroxyl groups is 1. The summed E-state index contributed by atoms with van der Waals surface area (Å²) >= 11 is 0. The summed E-state index contributed by atoms with van der Waals surface area (Å²) in [7, 11) is 0. The average molecular weight is 454 g/mol. The van der Waals surface area contributed by atoms with E-state index in [0.717, 1.165) is 24.9 Å². The highest BCUT2D eigenvalue weighted by Gasteiger charge is 2.35. The van der Waals surface area contributed by atoms with E-state index in [1.165, 1.54) is 17.0 Å². The molecular weight excluding hydrogens is 418 g/mol. The second-order valence-electron chi connectivity index (χ2n) is 9.68. The molecule has 2 saturated heterocycles. The predicted molar refractivity (Wildman–Crippen MR) is 128 cm³/mol. The molecule has 1 aromatic heterocycles. The number of likely N-dealkylation sites (tertiary alicyclic amines) is 1. The van der Waals surface area contributed by atoms with Gasteiger partial charge in [-0.1, -0.05) is 37.3 Å². The van der Waals surface area contributed by atoms with Crippen LogP contribution in [0.2, 0.25) is 0 Å². The molecule has 0 bridgehead atoms. The Bertz CT molecular complexity index is 1000. The molecule has 8 heteroatoms. The smallest absolute Gasteiger partial charge is 0.255 e. The fraction of sp³-hybridized carbons (Fsp3) is 0.560. The molecule has 0 saturated carbocycles. The Hall–Kier alpha value is -2.71. The van der Waals surface area contributed by atoms with Crippen molar-refractivity contribution in [3.8, 4) is 0 Å². The first-order valence-corrected chi connectivity index (χ1v) is 12.0. The minimum Gasteiger partial charge on any atom is -0.388 e. The Balaban J connectivity index is 1.32. The normalized spacial score (nSPS) is 21.6. The van der Waals surface area contributed by atoms with E-state index in [4.69, 9.17) is 5.73 Å². The van der Waals surface area contributed by atoms with E-state index in [1.54, 1.807) is 0 Å². The molecule has 1 amide bonds. The van der Waals surface area contributed by atoms with Crippen LogP contribution in [0, 0.1) is 0 Å². The van der Waals surface area contributed by atoms with Gasteiger partial charge in [0.15, 0.2) is 0 Å². The van der Waals surface area contributed by atoms with Crippen LogP contribution in [0.25, 0.3) is 0 Å². The van der Waals surface area contributed by atoms with Gasteiger partial charge in [-0.3, -0.25) is 14.2 Å². The third kappa shape index (κ3) is 5.81. The van der Waals surface area contributed by atoms with Crippen LogP contribution >= 0.6 is 0 Å². The van der Waals surface area contributed by atoms with E-state index in [0.29, 0.717) is 44.7 Å². The lowest BCUT2D eigenvalue weighted by Crippen LogP contribution is -2.50. The number of aromatic nitrogens is 2. The standard InChI is InChI=1S/C25H35N5O3/c1-19(20-6-3-2-4-7-20)14-23(31)28-12-9-25(33,10-13-28)17-30-18-27-22(15-24(30)32)29-11-5-8-21(26)16-29/h2-4,6-7,15,18-19,21,33H,5,8-14,16-17,26H2,1H3/t19-,21+/m1/s1. The Morgan fingerprint density at radius 2 is 1.97 bits per heavy atom. The second kappa shape index (κ2) is 10.1. The van der Waals surface area contributed by atoms with Crippen molar-refractivity contribution in [2.75, 3.05) is 31.1 Å². The third-order valence-corrected chi connectivity index (χ3v) is 7.01. The summed E-state index contributed by atoms with van der Waals surface area (Å²) in [6.45, 7) is 4.77. The van der Waals surface area contributed by atoms with Gasteiger partial charge in [0.2, 0.25) is 5.91 Å². The molecule has 178 valence electrons. The number of amides is 1. The summed E-state index contributed by atoms with van der Waals surface area (Å²) in [5.74, 6) is 0.903. The largest absolute Gasteiger partial charge is 0.388 e. The Kier molecular flexibility index (Phi) is 7.14. The molecule has 1 aromatic carbocycles. The number of carbonyl (C=O) groups is 1. The molecule has 4 rings (SSSR count). The number of piperidine rings is 2. The minimum atomic E-state index is -1.03. The molecule has 2 atom stereocenters. The van der Waals surface area contributed by atoms with E-state index in [9.17, 15) is 14.7 Å². The van der Waals surface area contributed by atoms with Crippen molar-refractivity contribution in [3.05, 3.63) is 58.6 Å². The van der Waals surface area contributed by atoms with Gasteiger partial charge in [0.1, 0.15) is 5.82 Å². The molecule has 2 aromatic rings. The van der Waals surface area contributed by atoms with Crippen LogP contribution in [0.4, 0.5) is 5.82 Å². The van der Waals surface area contributed by atoms with Crippen molar-refractivity contribution in [1.82, 2.24) is 14.5 Å². The molecule has 0 spiro atoms. The lowest BCUT2D eigenvalue weighted by molar-refractivity contribution is -0.136. The summed E-state index contributed by atoms with van der Waals surface area (Å²) in [6.07, 6.45) is 4.83. The minimum absolute atomic E-state index is 0.104. The number of carbonyl (C=O) groups excluding carboxylic acids is 1. The first kappa shape index (κ1) is 23.4. The summed E-state index contributed by atoms with van der Waals surface area (Å²) in [4.78, 5) is 33.8. The molecule has 2 fully saturated rings. The first-order chi connectivity index (χ1) is 15.8. The lowest BCUT2D eigenvalue weighted by atomic mass is 9.90. The Labute approximate surface area is 195 Å². The maximum absolute atomic E-state index is 12.8. The van der Waals surface area contributed by atoms with Crippen molar-refractivity contribution < 1.29 is 9.90 Å². The second-order valence-corrected chi connectivity index (χ2v) is 9.68. The molecule has 8 nitrogen and oxygen atoms in total. The average Bonchev–Trinajstić information content (AvgIpc) is 2.81. The number of hydrogen-bond donors (Lipinski definition) is 2. The molecule has 2 aliphatic heterocycles. The maximum atomic E-state index is 12.8. The topological polar surface area (TPSA) is 105 Å². The molecule has 2 aliphatic rings. The zero-order valence-corrected chi connectivity index (χ0v) is 19.4. The fourth-order valence-corrected chi connectivity index (χ4v) is 4.86. The van der Waals surface area contributed by atoms with Crippen molar-refractivity contribution in [3.63, 3.8) is 0 Å². The highest BCUT2D eigenvalue weighted by Crippen LogP contribution is 2.26. The van der Waals surface area contributed by atoms with Gasteiger partial charge in [0, 0.05) is 44.7 Å². The SMILES string of the molecule is C[C@H](CC(=O)N1CCC(O)(Cn2cnc(N3CCC[C@H](N)C3)cc2=O)CC1)c1ccccc1. The molecule has 3 N–H and O–H groups in total. The Morgan fingerprint density at radius 1 is 1.24 bits per heavy atom. The van der Waals surface area contributed by atoms with Gasteiger partial charge in [-0.15, -0.1) is 0 Å². The van der Waals surface area contributed by atoms with Gasteiger partial charge >= 0.3 is 0 Å². The van der Waals surface area contributed by atoms with Gasteiger partial charge < -0.3 is 20.6 Å². The number of nitrogens with two attached hydrogens (primary N) is 1. The molecule has 0 aliphatic carbocycles. The molecule has 3 heterocycles. The summed E-state index contributed by atoms with van der Waals surface area (Å²) in [5.41, 5.74) is 6.00. The number of anilines is 1. The third-order valence-electron chi connectivity index (χ3n) is 7.01. The van der Waals surface area contributed by atoms with Crippen molar-refractivity contribution >= 4 is 11.7 Å². The van der Waals surface area contributed by atoms with Gasteiger partial charge in [0.25, 0.3) is 5.56 Å². The summed E-state index contributed by atoms with van der Waals surface area (Å²) < 4.78 is 1.47. The van der Waals surface area contributed by atoms with Crippen molar-refractivity contribution in [1.29, 1.82) is 0 Å². The highest BCUT2D eigenvalue weighted by molar-refractivity contribution is 5.77. The number of hydrogen-bond acceptors (Lipinski definition) is 6. The van der Waals surface area contributed by atoms with Crippen LogP contribution in [-0.2, 0) is 11.3 Å². The molecule has 0 unspecified atom stereocenters. The summed E-state index contributed by atoms with van der Waals surface area (Å²) in [5, 5.41) is 11.1. The molecular formula is C25H35N5O3. The van der Waals surface area contributed by atoms with Gasteiger partial charge in [-0.2, -0.15) is 0 Å². The maximum Gasteiger partial charge on any atom is 0.255 e. The zero-order chi connectivity index (χ0) is 23.4. The fourth-order valence-electron chi connectivity index (χ4n) is 4.86. The lowest BCUT2D eigenvalue weighted by Gasteiger charge is -2.38. The van der Waals surface area contributed by atoms with E-state index in [1.807, 2.05) is 35.2 Å². The first-order valence-electron chi connectivity index (χ1n) is 12.0. The number of rotatable bonds is 6. The van der Waals surface area contributed by atoms with E-state index in [-0.39, 0.29) is 30.0 Å². The van der Waals surface area contributed by atoms with Gasteiger partial charge in [-0.05, 0) is 37.2 Å². The van der Waals surface area contributed by atoms with Gasteiger partial charge in [-0.25, -0.2) is 4.98 Å². The number of nitrogens with zero attached hydrogens (tertiary/aromatic N) is 4. The zero-order valence-electron chi connectivity index (χ0n) is 19.4. The van der Waals surface area contributed by atoms with E-state index in [2.05, 4.69) is 16.8 Å². The number of benzene rings is 1. The van der Waals surface area contributed by atoms with Gasteiger partial charge in [0.05, 0.1) is 18.5 Å². The van der Waals surface area contributed by atoms with Crippen molar-refractivity contribution in [2.45, 2.75) is 63.1 Å². The van der Waals surface area contributed by atoms with Crippen LogP contribution in [-0.4, -0.2) is 63.3 Å². The quantitative estimate of drug-likeness (QED) is 0.690. The predicted octanol–water partition coefficient (Wildman–Crippen LogP) is 1.72. The monoisotopic (exact) mass is 453 g/mol. The van der Waals surface area contributed by atoms with Crippen molar-refractivity contribution in [2.24, 2.45) is 5.73 Å². The van der Waals surface area contributed by atoms with Crippen LogP contribution in [0.3, 0.4) is 0 Å². The van der Waals surface area contributed by atoms with Crippen LogP contribution in [0.5, 0.6) is 0 Å². The Morgan fingerprint density at radius 3 is 2.64 bits per heavy atom. The molecule has 33 heavy (non-hydrogen) atoms. The van der Waals surface area contributed by atoms with E-state index >= 15 is 0 Å². The van der Waals surface area contributed by atoms with Crippen LogP contribution in [0.15, 0.2) is 47.5 Å². The summed E-state index contributed by atoms with van der Waals surface area (Å²) in [6, 6.07) is 11.7. The molecule has 0 radical (unpaired) electrons. The van der Waals surface area contributed by atoms with E-state index < -0.39 is 5.60 Å². The van der Waals surface area contributed by atoms with Crippen LogP contribution < -0.4 is 16.2 Å². The van der Waals surface area contributed by atoms with Crippen LogP contribution in [0.1, 0.15) is 50.5 Å². The highest BCUT2D eigenvalue weighted by atomic mass is 16.3.